The lowest BCUT2D eigenvalue weighted by Gasteiger charge is -2.09. The standard InChI is InChI=1S/C10H17NO3.C10H17NO2S.C9H13NO4.C8H14N2O3.C8H13NO4.C8H13NO3S.C8H13NO3.C7H12N2O3.C7H11NO4.C7H11NO3S/c2*1-7(2)8(3)14-6-4-5-9(11)10(12)13;1-5(6(2)11)8(12)4-3-7(10)9(13)14;1-5(2)7(11)10-4-3-6(9)8(12)13;2*1-5(2)8(12)13-4-3-6(9)7(10)11;1-5(2)7(10)4-3-6(9)8(11)12;1-4(2)6(10)9-3-5(8)7(11)12;2*1-4(2)7(11)12-3-5(8)6(9)10/h2*9H,1,3-6,11H2,2H3,(H,12,13);7H,1,3-4,10H2,2H3,(H,13,14);6H,1,3-4,9H2,2H3,(H,10,11)(H,12,13);2*6H,1,3-4,9H2,2H3,(H,10,11);6H,1,3-4,9H2,2H3,(H,11,12);5H,1,3,8H2,2H3,(H,9,10)(H,11,12);2*5H,1,3,8H2,2H3,(H,9,10). The maximum atomic E-state index is 11.1. The third-order valence-electron chi connectivity index (χ3n) is 14.1. The van der Waals surface area contributed by atoms with E-state index in [9.17, 15) is 91.1 Å². The number of carboxylic acids is 10. The molecule has 0 aromatic heterocycles. The van der Waals surface area contributed by atoms with Crippen molar-refractivity contribution in [1.82, 2.24) is 10.6 Å². The fourth-order valence-electron chi connectivity index (χ4n) is 5.70. The number of hydrogen-bond acceptors (Lipinski definition) is 35. The molecule has 0 aliphatic carbocycles. The predicted octanol–water partition coefficient (Wildman–Crippen LogP) is 2.36. The van der Waals surface area contributed by atoms with Crippen LogP contribution >= 0.6 is 35.3 Å². The lowest BCUT2D eigenvalue weighted by molar-refractivity contribution is -0.146. The molecular formula is C82H134N12O32S3. The summed E-state index contributed by atoms with van der Waals surface area (Å²) in [6.45, 7) is 58.0. The molecule has 0 aromatic rings. The number of esters is 2. The molecule has 10 unspecified atom stereocenters. The van der Waals surface area contributed by atoms with Gasteiger partial charge in [-0.3, -0.25) is 81.5 Å². The minimum Gasteiger partial charge on any atom is -0.494 e. The second-order valence-corrected chi connectivity index (χ2v) is 30.3. The van der Waals surface area contributed by atoms with Gasteiger partial charge in [0.15, 0.2) is 17.3 Å². The van der Waals surface area contributed by atoms with Gasteiger partial charge in [-0.15, -0.1) is 11.8 Å². The molecular weight excluding hydrogens is 1760 g/mol. The minimum absolute atomic E-state index is 0.000833. The van der Waals surface area contributed by atoms with Gasteiger partial charge in [-0.2, -0.15) is 0 Å². The van der Waals surface area contributed by atoms with E-state index in [0.717, 1.165) is 51.7 Å². The van der Waals surface area contributed by atoms with E-state index in [2.05, 4.69) is 99.1 Å². The summed E-state index contributed by atoms with van der Waals surface area (Å²) in [6.07, 6.45) is 3.17. The molecule has 0 heterocycles. The maximum absolute atomic E-state index is 11.1. The third kappa shape index (κ3) is 90.8. The Morgan fingerprint density at radius 1 is 0.302 bits per heavy atom. The Balaban J connectivity index is -0.000000153. The average molecular weight is 1900 g/mol. The smallest absolute Gasteiger partial charge is 0.333 e. The van der Waals surface area contributed by atoms with Gasteiger partial charge in [0.1, 0.15) is 72.8 Å². The number of allylic oxidation sites excluding steroid dienone is 4. The minimum atomic E-state index is -1.20. The van der Waals surface area contributed by atoms with Gasteiger partial charge in [-0.05, 0) is 154 Å². The number of amides is 2. The fraction of sp³-hybridized carbons (Fsp3) is 0.476. The zero-order valence-corrected chi connectivity index (χ0v) is 77.1. The van der Waals surface area contributed by atoms with Crippen molar-refractivity contribution >= 4 is 146 Å². The molecule has 0 aliphatic rings. The van der Waals surface area contributed by atoms with Crippen LogP contribution in [-0.2, 0) is 105 Å². The summed E-state index contributed by atoms with van der Waals surface area (Å²) >= 11 is 3.52. The number of nitrogens with two attached hydrogens (primary N) is 10. The second kappa shape index (κ2) is 80.8. The zero-order chi connectivity index (χ0) is 104. The molecule has 0 aliphatic heterocycles. The number of ketones is 3. The number of nitrogens with one attached hydrogen (secondary N) is 2. The van der Waals surface area contributed by atoms with Crippen LogP contribution in [-0.4, -0.2) is 273 Å². The van der Waals surface area contributed by atoms with Crippen LogP contribution in [0, 0.1) is 0 Å². The van der Waals surface area contributed by atoms with Crippen LogP contribution in [0.1, 0.15) is 140 Å². The van der Waals surface area contributed by atoms with E-state index in [0.29, 0.717) is 71.7 Å². The number of thioether (sulfide) groups is 3. The maximum Gasteiger partial charge on any atom is 0.333 e. The summed E-state index contributed by atoms with van der Waals surface area (Å²) < 4.78 is 14.3. The van der Waals surface area contributed by atoms with Crippen molar-refractivity contribution in [1.29, 1.82) is 0 Å². The first-order chi connectivity index (χ1) is 58.9. The van der Waals surface area contributed by atoms with Crippen molar-refractivity contribution in [3.8, 4) is 0 Å². The van der Waals surface area contributed by atoms with Gasteiger partial charge >= 0.3 is 71.6 Å². The van der Waals surface area contributed by atoms with Gasteiger partial charge in [0.2, 0.25) is 22.0 Å². The SMILES string of the molecule is C=C(C(C)=O)C(=O)CCC(N)C(=O)O.C=C(C)C(=C)OCCCC(N)C(=O)O.C=C(C)C(=C)SCCCC(N)C(=O)O.C=C(C)C(=O)CCC(N)C(=O)O.C=C(C)C(=O)NCC(N)C(=O)O.C=C(C)C(=O)NCCC(N)C(=O)O.C=C(C)C(=O)OCC(N)C(=O)O.C=C(C)C(=O)OCCC(N)C(=O)O.C=C(C)C(=O)SCC(N)C(=O)O.C=C(C)C(=O)SCCC(N)C(=O)O. The van der Waals surface area contributed by atoms with Crippen LogP contribution in [0.4, 0.5) is 0 Å². The lowest BCUT2D eigenvalue weighted by Crippen LogP contribution is -2.42. The molecule has 44 nitrogen and oxygen atoms in total. The molecule has 0 saturated carbocycles. The van der Waals surface area contributed by atoms with Gasteiger partial charge in [-0.25, -0.2) is 9.59 Å². The van der Waals surface area contributed by atoms with Gasteiger partial charge in [0.25, 0.3) is 0 Å². The van der Waals surface area contributed by atoms with Crippen LogP contribution in [0.2, 0.25) is 0 Å². The number of rotatable bonds is 52. The van der Waals surface area contributed by atoms with Gasteiger partial charge in [0.05, 0.1) is 18.8 Å². The number of Topliss-reactive ketones (excluding diaryl/α,β-unsaturated/α-hetero) is 3. The second-order valence-electron chi connectivity index (χ2n) is 27.1. The summed E-state index contributed by atoms with van der Waals surface area (Å²) in [5.74, 6) is -11.7. The Morgan fingerprint density at radius 2 is 0.643 bits per heavy atom. The van der Waals surface area contributed by atoms with Gasteiger partial charge in [-0.1, -0.05) is 102 Å². The molecule has 0 spiro atoms. The molecule has 0 bridgehead atoms. The molecule has 0 aromatic carbocycles. The first-order valence-corrected chi connectivity index (χ1v) is 40.7. The normalized spacial score (nSPS) is 12.0. The topological polar surface area (TPSA) is 839 Å². The van der Waals surface area contributed by atoms with Crippen molar-refractivity contribution in [3.63, 3.8) is 0 Å². The molecule has 0 rings (SSSR count). The monoisotopic (exact) mass is 1890 g/mol. The van der Waals surface area contributed by atoms with E-state index in [1.54, 1.807) is 46.4 Å². The van der Waals surface area contributed by atoms with E-state index in [1.165, 1.54) is 27.7 Å². The van der Waals surface area contributed by atoms with E-state index < -0.39 is 144 Å². The number of carbonyl (C=O) groups is 19. The highest BCUT2D eigenvalue weighted by Crippen LogP contribution is 2.22. The Morgan fingerprint density at radius 3 is 0.992 bits per heavy atom. The quantitative estimate of drug-likeness (QED) is 0.00790. The number of carbonyl (C=O) groups excluding carboxylic acids is 9. The Labute approximate surface area is 762 Å². The summed E-state index contributed by atoms with van der Waals surface area (Å²) in [7, 11) is 0. The molecule has 0 saturated heterocycles. The lowest BCUT2D eigenvalue weighted by atomic mass is 10.0. The Bertz CT molecular complexity index is 3550. The van der Waals surface area contributed by atoms with Gasteiger partial charge in [0, 0.05) is 71.1 Å². The van der Waals surface area contributed by atoms with Crippen molar-refractivity contribution in [2.75, 3.05) is 50.2 Å². The molecule has 129 heavy (non-hydrogen) atoms. The predicted molar refractivity (Wildman–Crippen MR) is 490 cm³/mol. The Kier molecular flexibility index (Phi) is 86.3. The van der Waals surface area contributed by atoms with Crippen LogP contribution < -0.4 is 68.0 Å². The average Bonchev–Trinajstić information content (AvgIpc) is 0.927. The van der Waals surface area contributed by atoms with Crippen LogP contribution in [0.15, 0.2) is 145 Å². The fourth-order valence-corrected chi connectivity index (χ4v) is 8.03. The van der Waals surface area contributed by atoms with Gasteiger partial charge < -0.3 is 133 Å². The number of hydrogen-bond donors (Lipinski definition) is 22. The highest BCUT2D eigenvalue weighted by Gasteiger charge is 2.21. The molecule has 0 radical (unpaired) electrons. The Hall–Kier alpha value is -11.7. The van der Waals surface area contributed by atoms with Crippen LogP contribution in [0.5, 0.6) is 0 Å². The molecule has 10 atom stereocenters. The van der Waals surface area contributed by atoms with Crippen molar-refractivity contribution in [2.45, 2.75) is 200 Å². The summed E-state index contributed by atoms with van der Waals surface area (Å²) in [5.41, 5.74) is 56.1. The summed E-state index contributed by atoms with van der Waals surface area (Å²) in [6, 6.07) is -9.59. The highest BCUT2D eigenvalue weighted by molar-refractivity contribution is 8.14. The number of ether oxygens (including phenoxy) is 3. The van der Waals surface area contributed by atoms with E-state index in [4.69, 9.17) is 113 Å². The highest BCUT2D eigenvalue weighted by atomic mass is 32.2. The van der Waals surface area contributed by atoms with Crippen molar-refractivity contribution in [2.24, 2.45) is 57.3 Å². The zero-order valence-electron chi connectivity index (χ0n) is 74.6. The first-order valence-electron chi connectivity index (χ1n) is 37.8. The van der Waals surface area contributed by atoms with E-state index >= 15 is 0 Å². The number of carboxylic acid groups (broad SMARTS) is 10. The van der Waals surface area contributed by atoms with Crippen molar-refractivity contribution in [3.05, 3.63) is 145 Å². The summed E-state index contributed by atoms with van der Waals surface area (Å²) in [4.78, 5) is 201. The molecule has 32 N–H and O–H groups in total. The third-order valence-corrected chi connectivity index (χ3v) is 17.5. The molecule has 2 amide bonds. The largest absolute Gasteiger partial charge is 0.494 e. The van der Waals surface area contributed by atoms with E-state index in [-0.39, 0.29) is 115 Å². The molecule has 0 fully saturated rings. The first kappa shape index (κ1) is 138. The van der Waals surface area contributed by atoms with Crippen LogP contribution in [0.25, 0.3) is 0 Å². The van der Waals surface area contributed by atoms with Crippen LogP contribution in [0.3, 0.4) is 0 Å². The number of aliphatic carboxylic acids is 10. The molecule has 47 heteroatoms. The summed E-state index contributed by atoms with van der Waals surface area (Å²) in [5, 5.41) is 88.4. The van der Waals surface area contributed by atoms with Crippen molar-refractivity contribution < 1.29 is 156 Å². The van der Waals surface area contributed by atoms with E-state index in [1.807, 2.05) is 6.92 Å². The molecule has 732 valence electrons.